The number of anilines is 1. The number of benzene rings is 7. The van der Waals surface area contributed by atoms with E-state index in [4.69, 9.17) is 9.47 Å². The molecule has 0 radical (unpaired) electrons. The van der Waals surface area contributed by atoms with Gasteiger partial charge in [-0.3, -0.25) is 9.69 Å². The number of carbonyl (C=O) groups is 2. The fourth-order valence-electron chi connectivity index (χ4n) is 8.32. The lowest BCUT2D eigenvalue weighted by Gasteiger charge is -2.44. The summed E-state index contributed by atoms with van der Waals surface area (Å²) in [7, 11) is 2.15. The van der Waals surface area contributed by atoms with E-state index in [-0.39, 0.29) is 24.4 Å². The third-order valence-corrected chi connectivity index (χ3v) is 11.3. The number of ether oxygens (including phenoxy) is 2. The number of nitrogens with zero attached hydrogens (tertiary/aromatic N) is 1. The maximum absolute atomic E-state index is 13.3. The number of nitrogens with one attached hydrogen (secondary N) is 2. The van der Waals surface area contributed by atoms with Crippen LogP contribution in [-0.2, 0) is 33.8 Å². The molecule has 298 valence electrons. The Morgan fingerprint density at radius 2 is 1.31 bits per heavy atom. The van der Waals surface area contributed by atoms with Crippen LogP contribution in [0.5, 0.6) is 0 Å². The first kappa shape index (κ1) is 39.7. The first-order chi connectivity index (χ1) is 28.8. The Morgan fingerprint density at radius 1 is 0.678 bits per heavy atom. The number of ketones is 1. The van der Waals surface area contributed by atoms with Crippen LogP contribution in [0.3, 0.4) is 0 Å². The first-order valence-electron chi connectivity index (χ1n) is 20.2. The van der Waals surface area contributed by atoms with Crippen LogP contribution in [0, 0.1) is 0 Å². The van der Waals surface area contributed by atoms with Crippen LogP contribution >= 0.6 is 0 Å². The molecule has 0 bridgehead atoms. The van der Waals surface area contributed by atoms with Crippen molar-refractivity contribution in [1.29, 1.82) is 0 Å². The van der Waals surface area contributed by atoms with Crippen LogP contribution in [0.2, 0.25) is 0 Å². The van der Waals surface area contributed by atoms with Gasteiger partial charge in [-0.2, -0.15) is 0 Å². The summed E-state index contributed by atoms with van der Waals surface area (Å²) in [4.78, 5) is 28.2. The summed E-state index contributed by atoms with van der Waals surface area (Å²) in [5.74, 6) is -0.309. The van der Waals surface area contributed by atoms with Gasteiger partial charge in [0.25, 0.3) is 0 Å². The van der Waals surface area contributed by atoms with Crippen LogP contribution in [0.25, 0.3) is 21.5 Å². The highest BCUT2D eigenvalue weighted by Gasteiger charge is 2.42. The lowest BCUT2D eigenvalue weighted by molar-refractivity contribution is -0.263. The minimum absolute atomic E-state index is 0.0529. The van der Waals surface area contributed by atoms with Crippen LogP contribution in [0.15, 0.2) is 164 Å². The fourth-order valence-corrected chi connectivity index (χ4v) is 8.32. The average molecular weight is 784 g/mol. The van der Waals surface area contributed by atoms with E-state index in [0.29, 0.717) is 25.2 Å². The van der Waals surface area contributed by atoms with E-state index < -0.39 is 24.5 Å². The average Bonchev–Trinajstić information content (AvgIpc) is 3.26. The molecular weight excluding hydrogens is 735 g/mol. The Balaban J connectivity index is 1.10. The summed E-state index contributed by atoms with van der Waals surface area (Å²) in [6.07, 6.45) is -1.11. The van der Waals surface area contributed by atoms with Crippen molar-refractivity contribution in [2.75, 3.05) is 18.9 Å². The molecule has 7 aromatic rings. The second-order valence-electron chi connectivity index (χ2n) is 15.5. The van der Waals surface area contributed by atoms with Gasteiger partial charge in [-0.05, 0) is 88.0 Å². The Kier molecular flexibility index (Phi) is 12.2. The lowest BCUT2D eigenvalue weighted by atomic mass is 9.83. The standard InChI is InChI=1S/C51H49N3O5/c1-34(56)46(28-35-14-5-3-6-15-35)53-51(57)52-42-21-13-20-41(30-42)50-58-47(48(37-16-7-4-8-17-37)49(59-50)38-26-24-36(33-55)25-27-38)32-54(2)31-45-43-22-11-9-18-39(43)29-40-19-10-12-23-44(40)45/h3-27,29-30,46-50,55H,28,31-33H2,1-2H3,(H2,52,53,57). The molecule has 0 aromatic heterocycles. The topological polar surface area (TPSA) is 100 Å². The molecule has 0 spiro atoms. The zero-order valence-electron chi connectivity index (χ0n) is 33.3. The number of aliphatic hydroxyl groups is 1. The van der Waals surface area contributed by atoms with Crippen LogP contribution < -0.4 is 10.6 Å². The van der Waals surface area contributed by atoms with E-state index in [1.165, 1.54) is 34.0 Å². The van der Waals surface area contributed by atoms with Gasteiger partial charge in [0.15, 0.2) is 12.1 Å². The highest BCUT2D eigenvalue weighted by atomic mass is 16.7. The van der Waals surface area contributed by atoms with Crippen LogP contribution in [0.1, 0.15) is 58.6 Å². The number of Topliss-reactive ketones (excluding diaryl/α,β-unsaturated/α-hetero) is 1. The molecule has 1 heterocycles. The number of hydrogen-bond acceptors (Lipinski definition) is 6. The largest absolute Gasteiger partial charge is 0.392 e. The molecule has 59 heavy (non-hydrogen) atoms. The van der Waals surface area contributed by atoms with Crippen molar-refractivity contribution in [3.8, 4) is 0 Å². The molecule has 8 nitrogen and oxygen atoms in total. The minimum Gasteiger partial charge on any atom is -0.392 e. The SMILES string of the molecule is CC(=O)C(Cc1ccccc1)NC(=O)Nc1cccc(C2OC(CN(C)Cc3c4ccccc4cc4ccccc34)C(c3ccccc3)C(c3ccc(CO)cc3)O2)c1. The third kappa shape index (κ3) is 9.27. The van der Waals surface area contributed by atoms with Gasteiger partial charge < -0.3 is 25.2 Å². The van der Waals surface area contributed by atoms with Gasteiger partial charge in [0, 0.05) is 30.3 Å². The van der Waals surface area contributed by atoms with Crippen molar-refractivity contribution in [3.63, 3.8) is 0 Å². The van der Waals surface area contributed by atoms with Crippen molar-refractivity contribution in [2.45, 2.75) is 57.0 Å². The van der Waals surface area contributed by atoms with Gasteiger partial charge in [-0.1, -0.05) is 146 Å². The predicted molar refractivity (Wildman–Crippen MR) is 234 cm³/mol. The second-order valence-corrected chi connectivity index (χ2v) is 15.5. The van der Waals surface area contributed by atoms with Crippen molar-refractivity contribution >= 4 is 39.0 Å². The fraction of sp³-hybridized carbons (Fsp3) is 0.216. The Morgan fingerprint density at radius 3 is 1.97 bits per heavy atom. The molecule has 0 aliphatic carbocycles. The Bertz CT molecular complexity index is 2470. The molecular formula is C51H49N3O5. The zero-order chi connectivity index (χ0) is 40.7. The van der Waals surface area contributed by atoms with Gasteiger partial charge in [-0.15, -0.1) is 0 Å². The number of fused-ring (bicyclic) bond motifs is 2. The molecule has 8 heteroatoms. The summed E-state index contributed by atoms with van der Waals surface area (Å²) in [5, 5.41) is 20.6. The maximum Gasteiger partial charge on any atom is 0.319 e. The van der Waals surface area contributed by atoms with Crippen LogP contribution in [-0.4, -0.2) is 47.6 Å². The van der Waals surface area contributed by atoms with Gasteiger partial charge in [-0.25, -0.2) is 4.79 Å². The lowest BCUT2D eigenvalue weighted by Crippen LogP contribution is -2.43. The number of aliphatic hydroxyl groups excluding tert-OH is 1. The summed E-state index contributed by atoms with van der Waals surface area (Å²) in [6, 6.07) is 53.7. The van der Waals surface area contributed by atoms with Crippen molar-refractivity contribution in [2.24, 2.45) is 0 Å². The minimum atomic E-state index is -0.776. The molecule has 5 atom stereocenters. The highest BCUT2D eigenvalue weighted by molar-refractivity contribution is 6.02. The number of likely N-dealkylation sites (N-methyl/N-ethyl adjacent to an activating group) is 1. The Hall–Kier alpha value is -6.16. The summed E-state index contributed by atoms with van der Waals surface area (Å²) in [6.45, 7) is 2.73. The number of carbonyl (C=O) groups excluding carboxylic acids is 2. The summed E-state index contributed by atoms with van der Waals surface area (Å²) < 4.78 is 14.1. The van der Waals surface area contributed by atoms with E-state index in [1.807, 2.05) is 97.1 Å². The van der Waals surface area contributed by atoms with Gasteiger partial charge in [0.05, 0.1) is 24.9 Å². The monoisotopic (exact) mass is 783 g/mol. The molecule has 1 aliphatic rings. The molecule has 1 saturated heterocycles. The number of urea groups is 1. The molecule has 1 fully saturated rings. The van der Waals surface area contributed by atoms with E-state index in [1.54, 1.807) is 0 Å². The number of amides is 2. The Labute approximate surface area is 345 Å². The summed E-state index contributed by atoms with van der Waals surface area (Å²) >= 11 is 0. The quantitative estimate of drug-likeness (QED) is 0.101. The van der Waals surface area contributed by atoms with Gasteiger partial charge in [0.2, 0.25) is 0 Å². The third-order valence-electron chi connectivity index (χ3n) is 11.3. The van der Waals surface area contributed by atoms with E-state index in [0.717, 1.165) is 27.8 Å². The smallest absolute Gasteiger partial charge is 0.319 e. The molecule has 0 saturated carbocycles. The maximum atomic E-state index is 13.3. The van der Waals surface area contributed by atoms with E-state index in [9.17, 15) is 14.7 Å². The zero-order valence-corrected chi connectivity index (χ0v) is 33.3. The van der Waals surface area contributed by atoms with Crippen LogP contribution in [0.4, 0.5) is 10.5 Å². The first-order valence-corrected chi connectivity index (χ1v) is 20.2. The molecule has 8 rings (SSSR count). The van der Waals surface area contributed by atoms with Gasteiger partial charge >= 0.3 is 6.03 Å². The molecule has 3 N–H and O–H groups in total. The predicted octanol–water partition coefficient (Wildman–Crippen LogP) is 9.88. The molecule has 2 amide bonds. The van der Waals surface area contributed by atoms with Gasteiger partial charge in [0.1, 0.15) is 0 Å². The van der Waals surface area contributed by atoms with E-state index in [2.05, 4.69) is 89.3 Å². The van der Waals surface area contributed by atoms with Crippen molar-refractivity contribution in [1.82, 2.24) is 10.2 Å². The second kappa shape index (κ2) is 18.2. The molecule has 5 unspecified atom stereocenters. The van der Waals surface area contributed by atoms with Crippen molar-refractivity contribution in [3.05, 3.63) is 197 Å². The highest BCUT2D eigenvalue weighted by Crippen LogP contribution is 2.47. The summed E-state index contributed by atoms with van der Waals surface area (Å²) in [5.41, 5.74) is 6.40. The van der Waals surface area contributed by atoms with E-state index >= 15 is 0 Å². The van der Waals surface area contributed by atoms with Crippen molar-refractivity contribution < 1.29 is 24.2 Å². The number of hydrogen-bond donors (Lipinski definition) is 3. The number of rotatable bonds is 13. The molecule has 1 aliphatic heterocycles. The molecule has 7 aromatic carbocycles. The normalized spacial score (nSPS) is 18.4.